The maximum atomic E-state index is 12.4. The molecular formula is C15H23ClN2O2S. The van der Waals surface area contributed by atoms with Gasteiger partial charge in [-0.15, -0.1) is 0 Å². The molecule has 0 aromatic heterocycles. The Balaban J connectivity index is 2.17. The van der Waals surface area contributed by atoms with E-state index in [2.05, 4.69) is 32.4 Å². The van der Waals surface area contributed by atoms with Crippen LogP contribution in [0, 0.1) is 23.7 Å². The second-order valence-electron chi connectivity index (χ2n) is 6.99. The lowest BCUT2D eigenvalue weighted by molar-refractivity contribution is 0.457. The summed E-state index contributed by atoms with van der Waals surface area (Å²) in [6.07, 6.45) is 0. The number of anilines is 1. The smallest absolute Gasteiger partial charge is 0.240 e. The van der Waals surface area contributed by atoms with Crippen LogP contribution in [0.3, 0.4) is 0 Å². The molecular weight excluding hydrogens is 308 g/mol. The van der Waals surface area contributed by atoms with E-state index in [1.165, 1.54) is 6.07 Å². The molecule has 0 unspecified atom stereocenters. The fourth-order valence-corrected chi connectivity index (χ4v) is 4.31. The van der Waals surface area contributed by atoms with Crippen molar-refractivity contribution in [1.82, 2.24) is 4.72 Å². The van der Waals surface area contributed by atoms with E-state index in [1.54, 1.807) is 13.0 Å². The molecule has 21 heavy (non-hydrogen) atoms. The zero-order chi connectivity index (χ0) is 16.2. The Morgan fingerprint density at radius 3 is 2.19 bits per heavy atom. The topological polar surface area (TPSA) is 72.2 Å². The molecule has 4 nitrogen and oxygen atoms in total. The van der Waals surface area contributed by atoms with Crippen molar-refractivity contribution in [3.63, 3.8) is 0 Å². The molecule has 1 saturated carbocycles. The highest BCUT2D eigenvalue weighted by atomic mass is 35.5. The van der Waals surface area contributed by atoms with Crippen molar-refractivity contribution in [3.05, 3.63) is 22.7 Å². The van der Waals surface area contributed by atoms with Gasteiger partial charge in [-0.3, -0.25) is 0 Å². The minimum atomic E-state index is -3.57. The Morgan fingerprint density at radius 2 is 1.76 bits per heavy atom. The van der Waals surface area contributed by atoms with Crippen molar-refractivity contribution in [2.75, 3.05) is 12.3 Å². The van der Waals surface area contributed by atoms with Crippen LogP contribution in [-0.2, 0) is 10.0 Å². The monoisotopic (exact) mass is 330 g/mol. The Bertz CT molecular complexity index is 644. The standard InChI is InChI=1S/C15H23ClN2O2S/c1-9-6-10(7-11(17)13(9)16)21(19,20)18-8-12-14(2,3)15(12,4)5/h6-7,12,18H,8,17H2,1-5H3. The predicted molar refractivity (Wildman–Crippen MR) is 86.8 cm³/mol. The molecule has 1 aromatic carbocycles. The maximum Gasteiger partial charge on any atom is 0.240 e. The number of nitrogen functional groups attached to an aromatic ring is 1. The van der Waals surface area contributed by atoms with Crippen LogP contribution in [0.2, 0.25) is 5.02 Å². The molecule has 1 aliphatic rings. The Morgan fingerprint density at radius 1 is 1.24 bits per heavy atom. The van der Waals surface area contributed by atoms with Crippen molar-refractivity contribution in [3.8, 4) is 0 Å². The number of benzene rings is 1. The number of aryl methyl sites for hydroxylation is 1. The third-order valence-electron chi connectivity index (χ3n) is 5.36. The van der Waals surface area contributed by atoms with E-state index in [9.17, 15) is 8.42 Å². The van der Waals surface area contributed by atoms with E-state index in [4.69, 9.17) is 17.3 Å². The summed E-state index contributed by atoms with van der Waals surface area (Å²) < 4.78 is 27.5. The van der Waals surface area contributed by atoms with Crippen molar-refractivity contribution in [2.45, 2.75) is 39.5 Å². The van der Waals surface area contributed by atoms with E-state index in [-0.39, 0.29) is 21.4 Å². The van der Waals surface area contributed by atoms with Gasteiger partial charge < -0.3 is 5.73 Å². The van der Waals surface area contributed by atoms with Crippen LogP contribution in [0.15, 0.2) is 17.0 Å². The molecule has 0 saturated heterocycles. The van der Waals surface area contributed by atoms with Gasteiger partial charge in [-0.25, -0.2) is 13.1 Å². The van der Waals surface area contributed by atoms with Crippen LogP contribution in [0.4, 0.5) is 5.69 Å². The first-order valence-corrected chi connectivity index (χ1v) is 8.82. The molecule has 0 atom stereocenters. The Labute approximate surface area is 132 Å². The summed E-state index contributed by atoms with van der Waals surface area (Å²) in [5.74, 6) is 0.325. The molecule has 3 N–H and O–H groups in total. The summed E-state index contributed by atoms with van der Waals surface area (Å²) in [5, 5.41) is 0.401. The predicted octanol–water partition coefficient (Wildman–Crippen LogP) is 3.19. The second-order valence-corrected chi connectivity index (χ2v) is 9.14. The molecule has 6 heteroatoms. The summed E-state index contributed by atoms with van der Waals surface area (Å²) in [5.41, 5.74) is 6.97. The van der Waals surface area contributed by atoms with Crippen LogP contribution in [-0.4, -0.2) is 15.0 Å². The Kier molecular flexibility index (Phi) is 3.84. The first kappa shape index (κ1) is 16.6. The summed E-state index contributed by atoms with van der Waals surface area (Å²) in [4.78, 5) is 0.165. The number of halogens is 1. The van der Waals surface area contributed by atoms with E-state index in [1.807, 2.05) is 0 Å². The molecule has 118 valence electrons. The van der Waals surface area contributed by atoms with Crippen LogP contribution < -0.4 is 10.5 Å². The third-order valence-corrected chi connectivity index (χ3v) is 7.28. The number of nitrogens with one attached hydrogen (secondary N) is 1. The van der Waals surface area contributed by atoms with Gasteiger partial charge in [0.15, 0.2) is 0 Å². The number of hydrogen-bond acceptors (Lipinski definition) is 3. The van der Waals surface area contributed by atoms with Gasteiger partial charge >= 0.3 is 0 Å². The van der Waals surface area contributed by atoms with Crippen molar-refractivity contribution in [1.29, 1.82) is 0 Å². The molecule has 0 spiro atoms. The van der Waals surface area contributed by atoms with Crippen molar-refractivity contribution >= 4 is 27.3 Å². The minimum Gasteiger partial charge on any atom is -0.397 e. The molecule has 0 radical (unpaired) electrons. The van der Waals surface area contributed by atoms with E-state index < -0.39 is 10.0 Å². The van der Waals surface area contributed by atoms with Gasteiger partial charge in [0.25, 0.3) is 0 Å². The zero-order valence-corrected chi connectivity index (χ0v) is 14.7. The van der Waals surface area contributed by atoms with Gasteiger partial charge in [-0.2, -0.15) is 0 Å². The van der Waals surface area contributed by atoms with Gasteiger partial charge in [-0.1, -0.05) is 39.3 Å². The van der Waals surface area contributed by atoms with Gasteiger partial charge in [-0.05, 0) is 41.4 Å². The highest BCUT2D eigenvalue weighted by molar-refractivity contribution is 7.89. The largest absolute Gasteiger partial charge is 0.397 e. The van der Waals surface area contributed by atoms with Crippen LogP contribution in [0.1, 0.15) is 33.3 Å². The fourth-order valence-electron chi connectivity index (χ4n) is 3.04. The Hall–Kier alpha value is -0.780. The highest BCUT2D eigenvalue weighted by Crippen LogP contribution is 2.67. The van der Waals surface area contributed by atoms with Crippen molar-refractivity contribution < 1.29 is 8.42 Å². The normalized spacial score (nSPS) is 20.5. The fraction of sp³-hybridized carbons (Fsp3) is 0.600. The summed E-state index contributed by atoms with van der Waals surface area (Å²) in [6.45, 7) is 10.8. The number of hydrogen-bond donors (Lipinski definition) is 2. The summed E-state index contributed by atoms with van der Waals surface area (Å²) in [6, 6.07) is 2.95. The molecule has 1 fully saturated rings. The van der Waals surface area contributed by atoms with Gasteiger partial charge in [0.05, 0.1) is 15.6 Å². The number of rotatable bonds is 4. The van der Waals surface area contributed by atoms with E-state index in [0.717, 1.165) is 0 Å². The first-order chi connectivity index (χ1) is 9.41. The zero-order valence-electron chi connectivity index (χ0n) is 13.1. The SMILES string of the molecule is Cc1cc(S(=O)(=O)NCC2C(C)(C)C2(C)C)cc(N)c1Cl. The van der Waals surface area contributed by atoms with Crippen LogP contribution >= 0.6 is 11.6 Å². The maximum absolute atomic E-state index is 12.4. The van der Waals surface area contributed by atoms with E-state index >= 15 is 0 Å². The molecule has 0 heterocycles. The average molecular weight is 331 g/mol. The van der Waals surface area contributed by atoms with Gasteiger partial charge in [0.1, 0.15) is 0 Å². The second kappa shape index (κ2) is 4.86. The lowest BCUT2D eigenvalue weighted by Gasteiger charge is -2.10. The number of sulfonamides is 1. The van der Waals surface area contributed by atoms with Crippen molar-refractivity contribution in [2.24, 2.45) is 16.7 Å². The molecule has 1 aliphatic carbocycles. The lowest BCUT2D eigenvalue weighted by atomic mass is 10.0. The molecule has 0 bridgehead atoms. The van der Waals surface area contributed by atoms with Gasteiger partial charge in [0, 0.05) is 6.54 Å². The molecule has 0 amide bonds. The quantitative estimate of drug-likeness (QED) is 0.833. The van der Waals surface area contributed by atoms with E-state index in [0.29, 0.717) is 23.0 Å². The third kappa shape index (κ3) is 2.67. The van der Waals surface area contributed by atoms with Crippen LogP contribution in [0.5, 0.6) is 0 Å². The molecule has 2 rings (SSSR count). The summed E-state index contributed by atoms with van der Waals surface area (Å²) >= 11 is 5.97. The van der Waals surface area contributed by atoms with Crippen LogP contribution in [0.25, 0.3) is 0 Å². The first-order valence-electron chi connectivity index (χ1n) is 6.96. The molecule has 1 aromatic rings. The summed E-state index contributed by atoms with van der Waals surface area (Å²) in [7, 11) is -3.57. The average Bonchev–Trinajstić information content (AvgIpc) is 2.73. The lowest BCUT2D eigenvalue weighted by Crippen LogP contribution is -2.27. The van der Waals surface area contributed by atoms with Gasteiger partial charge in [0.2, 0.25) is 10.0 Å². The highest BCUT2D eigenvalue weighted by Gasteiger charge is 2.64. The molecule has 0 aliphatic heterocycles. The minimum absolute atomic E-state index is 0.143. The number of nitrogens with two attached hydrogens (primary N) is 1.